The molecular weight excluding hydrogens is 482 g/mol. The quantitative estimate of drug-likeness (QED) is 0.250. The maximum absolute atomic E-state index is 13.7. The number of hydrogen-bond acceptors (Lipinski definition) is 4. The molecule has 0 saturated heterocycles. The first-order valence-corrected chi connectivity index (χ1v) is 12.8. The highest BCUT2D eigenvalue weighted by molar-refractivity contribution is 7.90. The van der Waals surface area contributed by atoms with Crippen LogP contribution in [0.4, 0.5) is 0 Å². The largest absolute Gasteiger partial charge is 0.497 e. The highest BCUT2D eigenvalue weighted by Gasteiger charge is 2.25. The Morgan fingerprint density at radius 1 is 0.943 bits per heavy atom. The monoisotopic (exact) mass is 503 g/mol. The number of ether oxygens (including phenoxy) is 1. The predicted molar refractivity (Wildman–Crippen MR) is 139 cm³/mol. The zero-order valence-electron chi connectivity index (χ0n) is 19.2. The molecule has 0 saturated carbocycles. The number of nitrogens with zero attached hydrogens (tertiary/aromatic N) is 1. The minimum atomic E-state index is -3.95. The molecule has 1 heterocycles. The van der Waals surface area contributed by atoms with Crippen LogP contribution < -0.4 is 4.74 Å². The van der Waals surface area contributed by atoms with Crippen molar-refractivity contribution in [3.05, 3.63) is 107 Å². The number of aromatic nitrogens is 1. The molecule has 5 rings (SSSR count). The number of rotatable bonds is 6. The minimum Gasteiger partial charge on any atom is -0.497 e. The van der Waals surface area contributed by atoms with E-state index < -0.39 is 10.0 Å². The second-order valence-corrected chi connectivity index (χ2v) is 10.7. The summed E-state index contributed by atoms with van der Waals surface area (Å²) in [5.41, 5.74) is 2.46. The third-order valence-electron chi connectivity index (χ3n) is 6.07. The summed E-state index contributed by atoms with van der Waals surface area (Å²) in [6.07, 6.45) is 1.49. The Hall–Kier alpha value is -3.61. The van der Waals surface area contributed by atoms with E-state index in [1.807, 2.05) is 43.3 Å². The maximum Gasteiger partial charge on any atom is 0.268 e. The van der Waals surface area contributed by atoms with Crippen LogP contribution in [-0.4, -0.2) is 25.3 Å². The number of hydrogen-bond donors (Lipinski definition) is 0. The number of halogens is 1. The van der Waals surface area contributed by atoms with E-state index in [2.05, 4.69) is 0 Å². The number of Topliss-reactive ketones (excluding diaryl/α,β-unsaturated/α-hetero) is 1. The molecule has 0 radical (unpaired) electrons. The number of aryl methyl sites for hydroxylation is 1. The van der Waals surface area contributed by atoms with Gasteiger partial charge in [-0.2, -0.15) is 0 Å². The third kappa shape index (κ3) is 4.20. The Balaban J connectivity index is 1.71. The topological polar surface area (TPSA) is 65.4 Å². The van der Waals surface area contributed by atoms with Gasteiger partial charge in [0.2, 0.25) is 0 Å². The Kier molecular flexibility index (Phi) is 5.87. The number of carbonyl (C=O) groups excluding carboxylic acids is 1. The third-order valence-corrected chi connectivity index (χ3v) is 7.96. The molecule has 0 atom stereocenters. The molecule has 1 aromatic heterocycles. The second-order valence-electron chi connectivity index (χ2n) is 8.44. The normalized spacial score (nSPS) is 11.7. The van der Waals surface area contributed by atoms with Crippen molar-refractivity contribution >= 4 is 49.1 Å². The van der Waals surface area contributed by atoms with Crippen LogP contribution in [-0.2, 0) is 16.4 Å². The average molecular weight is 504 g/mol. The summed E-state index contributed by atoms with van der Waals surface area (Å²) in [4.78, 5) is 13.7. The molecule has 0 bridgehead atoms. The van der Waals surface area contributed by atoms with E-state index in [0.717, 1.165) is 16.3 Å². The molecule has 0 aliphatic rings. The lowest BCUT2D eigenvalue weighted by Gasteiger charge is -2.09. The number of fused-ring (bicyclic) bond motifs is 3. The first-order chi connectivity index (χ1) is 16.8. The van der Waals surface area contributed by atoms with E-state index in [1.165, 1.54) is 17.3 Å². The van der Waals surface area contributed by atoms with Crippen molar-refractivity contribution in [2.45, 2.75) is 18.2 Å². The number of ketones is 1. The highest BCUT2D eigenvalue weighted by atomic mass is 35.5. The second kappa shape index (κ2) is 8.87. The fourth-order valence-electron chi connectivity index (χ4n) is 4.32. The summed E-state index contributed by atoms with van der Waals surface area (Å²) in [5.74, 6) is 0.336. The maximum atomic E-state index is 13.7. The van der Waals surface area contributed by atoms with Gasteiger partial charge in [0.1, 0.15) is 5.75 Å². The van der Waals surface area contributed by atoms with Crippen LogP contribution in [0.15, 0.2) is 90.0 Å². The van der Waals surface area contributed by atoms with E-state index in [1.54, 1.807) is 42.5 Å². The first-order valence-electron chi connectivity index (χ1n) is 11.0. The van der Waals surface area contributed by atoms with E-state index >= 15 is 0 Å². The zero-order chi connectivity index (χ0) is 24.7. The van der Waals surface area contributed by atoms with Crippen molar-refractivity contribution in [3.63, 3.8) is 0 Å². The molecule has 0 spiro atoms. The van der Waals surface area contributed by atoms with Crippen LogP contribution in [0, 0.1) is 6.92 Å². The molecule has 4 aromatic carbocycles. The summed E-state index contributed by atoms with van der Waals surface area (Å²) in [7, 11) is -2.42. The molecule has 35 heavy (non-hydrogen) atoms. The molecule has 0 unspecified atom stereocenters. The van der Waals surface area contributed by atoms with Gasteiger partial charge in [-0.05, 0) is 48.2 Å². The van der Waals surface area contributed by atoms with E-state index in [9.17, 15) is 13.2 Å². The van der Waals surface area contributed by atoms with Crippen molar-refractivity contribution in [2.24, 2.45) is 0 Å². The molecule has 0 N–H and O–H groups in total. The van der Waals surface area contributed by atoms with Crippen LogP contribution in [0.3, 0.4) is 0 Å². The molecule has 0 fully saturated rings. The van der Waals surface area contributed by atoms with E-state index in [0.29, 0.717) is 32.8 Å². The van der Waals surface area contributed by atoms with Gasteiger partial charge < -0.3 is 4.74 Å². The van der Waals surface area contributed by atoms with Crippen LogP contribution in [0.5, 0.6) is 5.75 Å². The minimum absolute atomic E-state index is 0.0490. The lowest BCUT2D eigenvalue weighted by atomic mass is 10.0. The SMILES string of the molecule is COc1cc(Cl)cc(CC(=O)c2cn(S(=O)(=O)c3ccc(C)cc3)c3c2ccc2ccccc23)c1. The summed E-state index contributed by atoms with van der Waals surface area (Å²) < 4.78 is 34.0. The van der Waals surface area contributed by atoms with Gasteiger partial charge in [0.15, 0.2) is 5.78 Å². The zero-order valence-corrected chi connectivity index (χ0v) is 20.7. The highest BCUT2D eigenvalue weighted by Crippen LogP contribution is 2.33. The molecule has 0 aliphatic carbocycles. The van der Waals surface area contributed by atoms with E-state index in [4.69, 9.17) is 16.3 Å². The lowest BCUT2D eigenvalue weighted by molar-refractivity contribution is 0.0994. The van der Waals surface area contributed by atoms with Gasteiger partial charge in [-0.25, -0.2) is 12.4 Å². The van der Waals surface area contributed by atoms with Crippen molar-refractivity contribution in [3.8, 4) is 5.75 Å². The average Bonchev–Trinajstić information content (AvgIpc) is 3.25. The smallest absolute Gasteiger partial charge is 0.268 e. The van der Waals surface area contributed by atoms with Crippen LogP contribution in [0.25, 0.3) is 21.7 Å². The van der Waals surface area contributed by atoms with Gasteiger partial charge in [-0.3, -0.25) is 4.79 Å². The van der Waals surface area contributed by atoms with Crippen molar-refractivity contribution in [1.29, 1.82) is 0 Å². The summed E-state index contributed by atoms with van der Waals surface area (Å²) >= 11 is 6.19. The lowest BCUT2D eigenvalue weighted by Crippen LogP contribution is -2.12. The van der Waals surface area contributed by atoms with Crippen molar-refractivity contribution < 1.29 is 17.9 Å². The van der Waals surface area contributed by atoms with Gasteiger partial charge in [0.25, 0.3) is 10.0 Å². The summed E-state index contributed by atoms with van der Waals surface area (Å²) in [6, 6.07) is 23.1. The van der Waals surface area contributed by atoms with Gasteiger partial charge >= 0.3 is 0 Å². The van der Waals surface area contributed by atoms with E-state index in [-0.39, 0.29) is 17.1 Å². The Bertz CT molecular complexity index is 1700. The standard InChI is InChI=1S/C28H22ClNO4S/c1-18-7-10-23(11-8-18)35(32,33)30-17-26(25-12-9-20-5-3-4-6-24(20)28(25)30)27(31)15-19-13-21(29)16-22(14-19)34-2/h3-14,16-17H,15H2,1-2H3. The number of carbonyl (C=O) groups is 1. The molecule has 176 valence electrons. The van der Waals surface area contributed by atoms with Gasteiger partial charge in [0.05, 0.1) is 17.5 Å². The predicted octanol–water partition coefficient (Wildman–Crippen LogP) is 6.43. The molecule has 7 heteroatoms. The van der Waals surface area contributed by atoms with Crippen LogP contribution in [0.2, 0.25) is 5.02 Å². The first kappa shape index (κ1) is 23.1. The molecular formula is C28H22ClNO4S. The Morgan fingerprint density at radius 3 is 2.43 bits per heavy atom. The van der Waals surface area contributed by atoms with Gasteiger partial charge in [0, 0.05) is 34.0 Å². The fraction of sp³-hybridized carbons (Fsp3) is 0.107. The van der Waals surface area contributed by atoms with Crippen molar-refractivity contribution in [2.75, 3.05) is 7.11 Å². The molecule has 0 aliphatic heterocycles. The summed E-state index contributed by atoms with van der Waals surface area (Å²) in [6.45, 7) is 1.90. The number of benzene rings is 4. The number of methoxy groups -OCH3 is 1. The molecule has 0 amide bonds. The van der Waals surface area contributed by atoms with Crippen LogP contribution in [0.1, 0.15) is 21.5 Å². The fourth-order valence-corrected chi connectivity index (χ4v) is 5.95. The molecule has 5 nitrogen and oxygen atoms in total. The van der Waals surface area contributed by atoms with Gasteiger partial charge in [-0.15, -0.1) is 0 Å². The van der Waals surface area contributed by atoms with Gasteiger partial charge in [-0.1, -0.05) is 65.7 Å². The Labute approximate surface area is 208 Å². The Morgan fingerprint density at radius 2 is 1.69 bits per heavy atom. The summed E-state index contributed by atoms with van der Waals surface area (Å²) in [5, 5.41) is 2.68. The van der Waals surface area contributed by atoms with Crippen molar-refractivity contribution in [1.82, 2.24) is 3.97 Å². The van der Waals surface area contributed by atoms with Crippen LogP contribution >= 0.6 is 11.6 Å². The molecule has 5 aromatic rings.